The number of thioether (sulfide) groups is 1. The number of nitrogens with zero attached hydrogens (tertiary/aromatic N) is 1. The molecule has 1 heterocycles. The molecule has 0 aromatic rings. The lowest BCUT2D eigenvalue weighted by Crippen LogP contribution is -2.44. The predicted molar refractivity (Wildman–Crippen MR) is 52.1 cm³/mol. The van der Waals surface area contributed by atoms with Gasteiger partial charge in [0, 0.05) is 5.88 Å². The molecule has 0 saturated carbocycles. The minimum atomic E-state index is -4.16. The topological polar surface area (TPSA) is 98.1 Å². The fourth-order valence-corrected chi connectivity index (χ4v) is 3.24. The van der Waals surface area contributed by atoms with Crippen LogP contribution in [0.25, 0.3) is 0 Å². The molecule has 1 aliphatic heterocycles. The van der Waals surface area contributed by atoms with Crippen molar-refractivity contribution in [1.29, 1.82) is 0 Å². The Kier molecular flexibility index (Phi) is 3.97. The van der Waals surface area contributed by atoms with E-state index in [0.717, 1.165) is 0 Å². The number of carboxylic acid groups (broad SMARTS) is 1. The van der Waals surface area contributed by atoms with Crippen LogP contribution >= 0.6 is 19.4 Å². The van der Waals surface area contributed by atoms with E-state index in [1.165, 1.54) is 16.7 Å². The zero-order valence-electron chi connectivity index (χ0n) is 7.37. The maximum absolute atomic E-state index is 10.7. The van der Waals surface area contributed by atoms with Gasteiger partial charge in [0.05, 0.1) is 0 Å². The number of carboxylic acids is 1. The molecule has 0 aromatic heterocycles. The third-order valence-electron chi connectivity index (χ3n) is 1.88. The van der Waals surface area contributed by atoms with Crippen LogP contribution in [0.4, 0.5) is 0 Å². The highest BCUT2D eigenvalue weighted by molar-refractivity contribution is 7.99. The lowest BCUT2D eigenvalue weighted by atomic mass is 10.2. The van der Waals surface area contributed by atoms with E-state index >= 15 is 0 Å². The molecule has 6 nitrogen and oxygen atoms in total. The van der Waals surface area contributed by atoms with Crippen LogP contribution in [-0.4, -0.2) is 49.7 Å². The molecule has 1 unspecified atom stereocenters. The molecule has 0 bridgehead atoms. The van der Waals surface area contributed by atoms with Crippen LogP contribution in [0.3, 0.4) is 0 Å². The van der Waals surface area contributed by atoms with Crippen LogP contribution in [0, 0.1) is 0 Å². The summed E-state index contributed by atoms with van der Waals surface area (Å²) in [5.74, 6) is 0.0650. The van der Waals surface area contributed by atoms with Crippen LogP contribution in [0.1, 0.15) is 6.42 Å². The molecule has 0 radical (unpaired) electrons. The van der Waals surface area contributed by atoms with Crippen LogP contribution in [0.5, 0.6) is 0 Å². The number of hydrogen-bond acceptors (Lipinski definition) is 4. The quantitative estimate of drug-likeness (QED) is 0.597. The van der Waals surface area contributed by atoms with E-state index < -0.39 is 25.9 Å². The molecule has 3 N–H and O–H groups in total. The van der Waals surface area contributed by atoms with Gasteiger partial charge in [0.25, 0.3) is 0 Å². The van der Waals surface area contributed by atoms with E-state index in [0.29, 0.717) is 18.1 Å². The minimum Gasteiger partial charge on any atom is -0.480 e. The molecule has 1 aliphatic rings. The zero-order valence-corrected chi connectivity index (χ0v) is 9.08. The summed E-state index contributed by atoms with van der Waals surface area (Å²) in [6.07, 6.45) is -0.0447. The Bertz CT molecular complexity index is 267. The summed E-state index contributed by atoms with van der Waals surface area (Å²) in [6.45, 7) is 0. The number of carbonyl (C=O) groups is 1. The van der Waals surface area contributed by atoms with Crippen molar-refractivity contribution in [3.63, 3.8) is 0 Å². The lowest BCUT2D eigenvalue weighted by molar-refractivity contribution is -0.142. The highest BCUT2D eigenvalue weighted by Crippen LogP contribution is 2.37. The Morgan fingerprint density at radius 3 is 2.71 bits per heavy atom. The monoisotopic (exact) mass is 241 g/mol. The first kappa shape index (κ1) is 12.0. The summed E-state index contributed by atoms with van der Waals surface area (Å²) in [5, 5.41) is 8.80. The summed E-state index contributed by atoms with van der Waals surface area (Å²) in [4.78, 5) is 29.5. The maximum atomic E-state index is 10.7. The Labute approximate surface area is 85.4 Å². The second-order valence-electron chi connectivity index (χ2n) is 3.07. The van der Waals surface area contributed by atoms with Crippen LogP contribution in [-0.2, 0) is 9.36 Å². The second-order valence-corrected chi connectivity index (χ2v) is 5.76. The van der Waals surface area contributed by atoms with Crippen LogP contribution < -0.4 is 0 Å². The lowest BCUT2D eigenvalue weighted by Gasteiger charge is -2.32. The molecule has 14 heavy (non-hydrogen) atoms. The van der Waals surface area contributed by atoms with E-state index in [2.05, 4.69) is 0 Å². The Hall–Kier alpha value is -0.0700. The van der Waals surface area contributed by atoms with Crippen molar-refractivity contribution in [1.82, 2.24) is 4.90 Å². The Balaban J connectivity index is 2.63. The summed E-state index contributed by atoms with van der Waals surface area (Å²) in [5.41, 5.74) is 0. The average Bonchev–Trinajstić information content (AvgIpc) is 2.01. The van der Waals surface area contributed by atoms with Gasteiger partial charge in [-0.2, -0.15) is 0 Å². The first-order valence-electron chi connectivity index (χ1n) is 3.99. The van der Waals surface area contributed by atoms with Gasteiger partial charge in [0.15, 0.2) is 0 Å². The zero-order chi connectivity index (χ0) is 10.8. The number of hydrogen-bond donors (Lipinski definition) is 3. The van der Waals surface area contributed by atoms with Crippen molar-refractivity contribution in [2.45, 2.75) is 12.5 Å². The van der Waals surface area contributed by atoms with Crippen molar-refractivity contribution in [2.75, 3.05) is 17.9 Å². The van der Waals surface area contributed by atoms with Gasteiger partial charge in [0.1, 0.15) is 12.3 Å². The van der Waals surface area contributed by atoms with E-state index in [-0.39, 0.29) is 0 Å². The highest BCUT2D eigenvalue weighted by Gasteiger charge is 2.32. The first-order chi connectivity index (χ1) is 6.40. The largest absolute Gasteiger partial charge is 0.480 e. The van der Waals surface area contributed by atoms with Gasteiger partial charge >= 0.3 is 13.6 Å². The van der Waals surface area contributed by atoms with E-state index in [9.17, 15) is 9.36 Å². The fraction of sp³-hybridized carbons (Fsp3) is 0.833. The molecule has 1 fully saturated rings. The van der Waals surface area contributed by atoms with E-state index in [4.69, 9.17) is 14.9 Å². The molecule has 0 aromatic carbocycles. The summed E-state index contributed by atoms with van der Waals surface area (Å²) >= 11 is 1.48. The molecule has 1 rings (SSSR count). The van der Waals surface area contributed by atoms with Gasteiger partial charge in [-0.05, 0) is 12.2 Å². The normalized spacial score (nSPS) is 24.9. The van der Waals surface area contributed by atoms with Crippen LogP contribution in [0.2, 0.25) is 0 Å². The van der Waals surface area contributed by atoms with E-state index in [1.807, 2.05) is 0 Å². The SMILES string of the molecule is O=C(O)C1CCSCN1CP(=O)(O)O. The molecule has 1 saturated heterocycles. The molecular weight excluding hydrogens is 229 g/mol. The molecule has 8 heteroatoms. The number of rotatable bonds is 3. The standard InChI is InChI=1S/C6H12NO5PS/c8-6(9)5-1-2-14-4-7(5)3-13(10,11)12/h5H,1-4H2,(H,8,9)(H2,10,11,12). The third kappa shape index (κ3) is 3.59. The van der Waals surface area contributed by atoms with Gasteiger partial charge in [-0.1, -0.05) is 0 Å². The Morgan fingerprint density at radius 1 is 1.57 bits per heavy atom. The molecule has 0 amide bonds. The molecule has 0 spiro atoms. The summed E-state index contributed by atoms with van der Waals surface area (Å²) in [7, 11) is -4.16. The predicted octanol–water partition coefficient (Wildman–Crippen LogP) is -0.0288. The summed E-state index contributed by atoms with van der Waals surface area (Å²) in [6, 6.07) is -0.760. The van der Waals surface area contributed by atoms with Gasteiger partial charge in [-0.3, -0.25) is 14.3 Å². The van der Waals surface area contributed by atoms with E-state index in [1.54, 1.807) is 0 Å². The highest BCUT2D eigenvalue weighted by atomic mass is 32.2. The minimum absolute atomic E-state index is 0.363. The van der Waals surface area contributed by atoms with Gasteiger partial charge < -0.3 is 14.9 Å². The molecule has 1 atom stereocenters. The summed E-state index contributed by atoms with van der Waals surface area (Å²) < 4.78 is 10.7. The fourth-order valence-electron chi connectivity index (χ4n) is 1.30. The van der Waals surface area contributed by atoms with Crippen molar-refractivity contribution >= 4 is 25.3 Å². The third-order valence-corrected chi connectivity index (χ3v) is 3.65. The van der Waals surface area contributed by atoms with Gasteiger partial charge in [-0.25, -0.2) is 0 Å². The molecule has 82 valence electrons. The van der Waals surface area contributed by atoms with Crippen LogP contribution in [0.15, 0.2) is 0 Å². The van der Waals surface area contributed by atoms with Crippen molar-refractivity contribution in [3.05, 3.63) is 0 Å². The van der Waals surface area contributed by atoms with Gasteiger partial charge in [-0.15, -0.1) is 11.8 Å². The van der Waals surface area contributed by atoms with Crippen molar-refractivity contribution in [2.24, 2.45) is 0 Å². The molecule has 0 aliphatic carbocycles. The van der Waals surface area contributed by atoms with Crippen molar-refractivity contribution < 1.29 is 24.3 Å². The maximum Gasteiger partial charge on any atom is 0.339 e. The Morgan fingerprint density at radius 2 is 2.21 bits per heavy atom. The van der Waals surface area contributed by atoms with Gasteiger partial charge in [0.2, 0.25) is 0 Å². The smallest absolute Gasteiger partial charge is 0.339 e. The first-order valence-corrected chi connectivity index (χ1v) is 6.94. The van der Waals surface area contributed by atoms with Crippen molar-refractivity contribution in [3.8, 4) is 0 Å². The average molecular weight is 241 g/mol. The number of aliphatic carboxylic acids is 1. The molecular formula is C6H12NO5PS. The second kappa shape index (κ2) is 4.63.